The van der Waals surface area contributed by atoms with Crippen molar-refractivity contribution in [1.29, 1.82) is 0 Å². The van der Waals surface area contributed by atoms with Crippen LogP contribution in [-0.4, -0.2) is 57.9 Å². The first-order valence-corrected chi connectivity index (χ1v) is 8.01. The van der Waals surface area contributed by atoms with Gasteiger partial charge in [0.15, 0.2) is 9.84 Å². The Morgan fingerprint density at radius 3 is 2.57 bits per heavy atom. The van der Waals surface area contributed by atoms with Crippen molar-refractivity contribution in [2.45, 2.75) is 10.1 Å². The number of ether oxygens (including phenoxy) is 1. The molecule has 1 saturated heterocycles. The summed E-state index contributed by atoms with van der Waals surface area (Å²) in [5.74, 6) is -0.485. The number of halogens is 1. The van der Waals surface area contributed by atoms with Crippen LogP contribution >= 0.6 is 0 Å². The van der Waals surface area contributed by atoms with Gasteiger partial charge in [-0.05, 0) is 24.3 Å². The van der Waals surface area contributed by atoms with Crippen molar-refractivity contribution < 1.29 is 22.3 Å². The lowest BCUT2D eigenvalue weighted by Crippen LogP contribution is -2.59. The minimum absolute atomic E-state index is 0.0772. The molecular weight excluding hydrogens is 299 g/mol. The molecule has 21 heavy (non-hydrogen) atoms. The highest BCUT2D eigenvalue weighted by molar-refractivity contribution is 7.92. The van der Waals surface area contributed by atoms with E-state index in [9.17, 15) is 17.6 Å². The molecule has 1 aromatic carbocycles. The Kier molecular flexibility index (Phi) is 4.79. The average Bonchev–Trinajstić information content (AvgIpc) is 2.37. The van der Waals surface area contributed by atoms with Crippen LogP contribution in [0.25, 0.3) is 0 Å². The first-order valence-electron chi connectivity index (χ1n) is 6.46. The Balaban J connectivity index is 1.91. The summed E-state index contributed by atoms with van der Waals surface area (Å²) in [7, 11) is -1.99. The van der Waals surface area contributed by atoms with Gasteiger partial charge in [0.1, 0.15) is 11.1 Å². The van der Waals surface area contributed by atoms with Crippen molar-refractivity contribution in [3.63, 3.8) is 0 Å². The molecule has 0 saturated carbocycles. The van der Waals surface area contributed by atoms with Crippen LogP contribution in [0.4, 0.5) is 9.18 Å². The molecule has 116 valence electrons. The molecule has 0 unspecified atom stereocenters. The van der Waals surface area contributed by atoms with Crippen molar-refractivity contribution >= 4 is 15.9 Å². The fourth-order valence-corrected chi connectivity index (χ4v) is 3.64. The summed E-state index contributed by atoms with van der Waals surface area (Å²) < 4.78 is 42.1. The third kappa shape index (κ3) is 3.51. The number of carbonyl (C=O) groups excluding carboxylic acids is 1. The van der Waals surface area contributed by atoms with E-state index in [1.165, 1.54) is 24.1 Å². The van der Waals surface area contributed by atoms with Crippen LogP contribution in [0.1, 0.15) is 0 Å². The van der Waals surface area contributed by atoms with Crippen LogP contribution in [0.2, 0.25) is 0 Å². The number of carbonyl (C=O) groups is 1. The van der Waals surface area contributed by atoms with Gasteiger partial charge in [0.25, 0.3) is 0 Å². The maximum absolute atomic E-state index is 12.8. The first kappa shape index (κ1) is 15.7. The molecule has 0 radical (unpaired) electrons. The van der Waals surface area contributed by atoms with Crippen molar-refractivity contribution in [2.75, 3.05) is 33.4 Å². The summed E-state index contributed by atoms with van der Waals surface area (Å²) >= 11 is 0. The molecule has 2 rings (SSSR count). The molecule has 1 N–H and O–H groups in total. The van der Waals surface area contributed by atoms with Gasteiger partial charge in [0, 0.05) is 26.7 Å². The van der Waals surface area contributed by atoms with Crippen LogP contribution in [-0.2, 0) is 14.6 Å². The number of likely N-dealkylation sites (tertiary alicyclic amines) is 1. The van der Waals surface area contributed by atoms with Crippen LogP contribution in [0.5, 0.6) is 0 Å². The Morgan fingerprint density at radius 2 is 2.00 bits per heavy atom. The van der Waals surface area contributed by atoms with Gasteiger partial charge < -0.3 is 15.0 Å². The van der Waals surface area contributed by atoms with Crippen LogP contribution in [0, 0.1) is 5.82 Å². The molecule has 1 fully saturated rings. The Morgan fingerprint density at radius 1 is 1.38 bits per heavy atom. The molecule has 0 bridgehead atoms. The summed E-state index contributed by atoms with van der Waals surface area (Å²) in [5.41, 5.74) is 0. The van der Waals surface area contributed by atoms with E-state index in [0.717, 1.165) is 12.1 Å². The second-order valence-electron chi connectivity index (χ2n) is 4.75. The standard InChI is InChI=1S/C13H17FN2O4S/c1-20-7-6-15-13(17)16-8-12(9-16)21(18,19)11-4-2-10(14)3-5-11/h2-5,12H,6-9H2,1H3,(H,15,17). The smallest absolute Gasteiger partial charge is 0.317 e. The number of rotatable bonds is 5. The normalized spacial score (nSPS) is 15.6. The second kappa shape index (κ2) is 6.40. The van der Waals surface area contributed by atoms with Gasteiger partial charge in [-0.25, -0.2) is 17.6 Å². The molecule has 1 aromatic rings. The lowest BCUT2D eigenvalue weighted by atomic mass is 10.2. The average molecular weight is 316 g/mol. The number of hydrogen-bond donors (Lipinski definition) is 1. The predicted octanol–water partition coefficient (Wildman–Crippen LogP) is 0.640. The minimum Gasteiger partial charge on any atom is -0.383 e. The van der Waals surface area contributed by atoms with Gasteiger partial charge in [-0.3, -0.25) is 0 Å². The molecule has 1 heterocycles. The third-order valence-corrected chi connectivity index (χ3v) is 5.40. The van der Waals surface area contributed by atoms with Gasteiger partial charge in [-0.1, -0.05) is 0 Å². The number of methoxy groups -OCH3 is 1. The van der Waals surface area contributed by atoms with Crippen molar-refractivity contribution in [3.05, 3.63) is 30.1 Å². The van der Waals surface area contributed by atoms with Crippen molar-refractivity contribution in [2.24, 2.45) is 0 Å². The third-order valence-electron chi connectivity index (χ3n) is 3.30. The Bertz CT molecular complexity index is 597. The molecule has 8 heteroatoms. The summed E-state index contributed by atoms with van der Waals surface area (Å²) in [6.07, 6.45) is 0. The predicted molar refractivity (Wildman–Crippen MR) is 74.2 cm³/mol. The first-order chi connectivity index (χ1) is 9.95. The van der Waals surface area contributed by atoms with E-state index in [0.29, 0.717) is 13.2 Å². The van der Waals surface area contributed by atoms with E-state index in [2.05, 4.69) is 5.32 Å². The topological polar surface area (TPSA) is 75.7 Å². The highest BCUT2D eigenvalue weighted by Crippen LogP contribution is 2.23. The lowest BCUT2D eigenvalue weighted by molar-refractivity contribution is 0.160. The van der Waals surface area contributed by atoms with Crippen molar-refractivity contribution in [3.8, 4) is 0 Å². The summed E-state index contributed by atoms with van der Waals surface area (Å²) in [5, 5.41) is 1.98. The molecule has 0 aromatic heterocycles. The van der Waals surface area contributed by atoms with Gasteiger partial charge in [-0.15, -0.1) is 0 Å². The number of benzene rings is 1. The molecule has 0 aliphatic carbocycles. The van der Waals surface area contributed by atoms with Crippen LogP contribution < -0.4 is 5.32 Å². The largest absolute Gasteiger partial charge is 0.383 e. The van der Waals surface area contributed by atoms with E-state index in [-0.39, 0.29) is 24.0 Å². The van der Waals surface area contributed by atoms with Gasteiger partial charge in [0.2, 0.25) is 0 Å². The number of hydrogen-bond acceptors (Lipinski definition) is 4. The summed E-state index contributed by atoms with van der Waals surface area (Å²) in [4.78, 5) is 13.2. The Hall–Kier alpha value is -1.67. The van der Waals surface area contributed by atoms with Gasteiger partial charge in [0.05, 0.1) is 11.5 Å². The molecule has 1 aliphatic heterocycles. The molecule has 1 aliphatic rings. The Labute approximate surface area is 122 Å². The van der Waals surface area contributed by atoms with E-state index in [4.69, 9.17) is 4.74 Å². The zero-order valence-corrected chi connectivity index (χ0v) is 12.4. The zero-order chi connectivity index (χ0) is 15.5. The highest BCUT2D eigenvalue weighted by Gasteiger charge is 2.40. The quantitative estimate of drug-likeness (QED) is 0.639. The maximum Gasteiger partial charge on any atom is 0.317 e. The minimum atomic E-state index is -3.52. The molecule has 6 nitrogen and oxygen atoms in total. The van der Waals surface area contributed by atoms with Crippen molar-refractivity contribution in [1.82, 2.24) is 10.2 Å². The monoisotopic (exact) mass is 316 g/mol. The van der Waals surface area contributed by atoms with E-state index in [1.807, 2.05) is 0 Å². The highest BCUT2D eigenvalue weighted by atomic mass is 32.2. The number of sulfone groups is 1. The summed E-state index contributed by atoms with van der Waals surface area (Å²) in [6.45, 7) is 1.05. The number of nitrogens with one attached hydrogen (secondary N) is 1. The molecule has 0 spiro atoms. The molecular formula is C13H17FN2O4S. The van der Waals surface area contributed by atoms with Gasteiger partial charge in [-0.2, -0.15) is 0 Å². The second-order valence-corrected chi connectivity index (χ2v) is 6.98. The fraction of sp³-hybridized carbons (Fsp3) is 0.462. The number of urea groups is 1. The SMILES string of the molecule is COCCNC(=O)N1CC(S(=O)(=O)c2ccc(F)cc2)C1. The molecule has 0 atom stereocenters. The number of nitrogens with zero attached hydrogens (tertiary/aromatic N) is 1. The fourth-order valence-electron chi connectivity index (χ4n) is 1.99. The van der Waals surface area contributed by atoms with Gasteiger partial charge >= 0.3 is 6.03 Å². The van der Waals surface area contributed by atoms with Crippen LogP contribution in [0.15, 0.2) is 29.2 Å². The number of amides is 2. The zero-order valence-electron chi connectivity index (χ0n) is 11.6. The lowest BCUT2D eigenvalue weighted by Gasteiger charge is -2.38. The summed E-state index contributed by atoms with van der Waals surface area (Å²) in [6, 6.07) is 4.40. The van der Waals surface area contributed by atoms with E-state index < -0.39 is 20.9 Å². The van der Waals surface area contributed by atoms with E-state index in [1.54, 1.807) is 0 Å². The maximum atomic E-state index is 12.8. The van der Waals surface area contributed by atoms with Crippen LogP contribution in [0.3, 0.4) is 0 Å². The van der Waals surface area contributed by atoms with E-state index >= 15 is 0 Å². The molecule has 2 amide bonds.